The fourth-order valence-electron chi connectivity index (χ4n) is 1.92. The van der Waals surface area contributed by atoms with Gasteiger partial charge in [-0.15, -0.1) is 0 Å². The van der Waals surface area contributed by atoms with Crippen LogP contribution in [0.4, 0.5) is 5.69 Å². The van der Waals surface area contributed by atoms with Crippen molar-refractivity contribution in [2.45, 2.75) is 10.6 Å². The zero-order valence-electron chi connectivity index (χ0n) is 10.5. The second-order valence-electron chi connectivity index (χ2n) is 4.37. The van der Waals surface area contributed by atoms with Crippen LogP contribution in [-0.2, 0) is 16.6 Å². The zero-order valence-corrected chi connectivity index (χ0v) is 12.1. The molecule has 0 fully saturated rings. The van der Waals surface area contributed by atoms with Crippen LogP contribution in [0, 0.1) is 0 Å². The summed E-state index contributed by atoms with van der Waals surface area (Å²) in [4.78, 5) is 5.08. The summed E-state index contributed by atoms with van der Waals surface area (Å²) in [7, 11) is -1.20. The van der Waals surface area contributed by atoms with Crippen molar-refractivity contribution >= 4 is 33.7 Å². The number of halogens is 1. The molecule has 0 bridgehead atoms. The van der Waals surface area contributed by atoms with Crippen LogP contribution in [0.25, 0.3) is 5.65 Å². The first-order chi connectivity index (χ1) is 9.63. The number of rotatable bonds is 3. The molecule has 0 radical (unpaired) electrons. The number of imidazole rings is 1. The first kappa shape index (κ1) is 13.1. The van der Waals surface area contributed by atoms with Crippen molar-refractivity contribution in [3.63, 3.8) is 0 Å². The number of hydrogen-bond acceptors (Lipinski definition) is 3. The summed E-state index contributed by atoms with van der Waals surface area (Å²) in [6, 6.07) is 10.8. The van der Waals surface area contributed by atoms with Gasteiger partial charge in [0.2, 0.25) is 0 Å². The minimum absolute atomic E-state index is 0.349. The molecule has 1 aromatic carbocycles. The van der Waals surface area contributed by atoms with Crippen LogP contribution in [0.2, 0.25) is 5.02 Å². The van der Waals surface area contributed by atoms with E-state index in [-0.39, 0.29) is 0 Å². The van der Waals surface area contributed by atoms with Gasteiger partial charge >= 0.3 is 0 Å². The molecular formula is C14H12ClN3OS. The minimum atomic E-state index is -1.20. The zero-order chi connectivity index (χ0) is 14.1. The highest BCUT2D eigenvalue weighted by atomic mass is 35.5. The summed E-state index contributed by atoms with van der Waals surface area (Å²) in [6.45, 7) is 0. The third kappa shape index (κ3) is 2.55. The average Bonchev–Trinajstić information content (AvgIpc) is 2.83. The molecule has 2 heterocycles. The van der Waals surface area contributed by atoms with Crippen LogP contribution >= 0.6 is 11.6 Å². The average molecular weight is 306 g/mol. The number of hydrogen-bond donors (Lipinski definition) is 1. The Labute approximate surface area is 123 Å². The normalized spacial score (nSPS) is 12.7. The van der Waals surface area contributed by atoms with Crippen LogP contribution in [0.1, 0.15) is 5.69 Å². The standard InChI is InChI=1S/C14H12ClN3OS/c15-12-7-11(4-5-13(12)16)20(19)9-10-8-18-6-2-1-3-14(18)17-10/h1-8H,9,16H2. The van der Waals surface area contributed by atoms with Crippen LogP contribution in [0.15, 0.2) is 53.7 Å². The van der Waals surface area contributed by atoms with Gasteiger partial charge in [-0.1, -0.05) is 17.7 Å². The second-order valence-corrected chi connectivity index (χ2v) is 6.23. The summed E-state index contributed by atoms with van der Waals surface area (Å²) in [5.41, 5.74) is 7.75. The van der Waals surface area contributed by atoms with E-state index in [0.29, 0.717) is 21.4 Å². The van der Waals surface area contributed by atoms with E-state index in [2.05, 4.69) is 4.98 Å². The van der Waals surface area contributed by atoms with Gasteiger partial charge < -0.3 is 10.1 Å². The number of anilines is 1. The minimum Gasteiger partial charge on any atom is -0.398 e. The maximum Gasteiger partial charge on any atom is 0.137 e. The molecule has 6 heteroatoms. The Morgan fingerprint density at radius 1 is 1.30 bits per heavy atom. The maximum absolute atomic E-state index is 12.3. The van der Waals surface area contributed by atoms with Gasteiger partial charge in [0.1, 0.15) is 5.65 Å². The molecule has 1 unspecified atom stereocenters. The molecule has 3 aromatic rings. The number of pyridine rings is 1. The van der Waals surface area contributed by atoms with E-state index in [1.54, 1.807) is 18.2 Å². The SMILES string of the molecule is Nc1ccc(S(=O)Cc2cn3ccccc3n2)cc1Cl. The molecule has 0 saturated heterocycles. The van der Waals surface area contributed by atoms with E-state index < -0.39 is 10.8 Å². The fourth-order valence-corrected chi connectivity index (χ4v) is 3.21. The largest absolute Gasteiger partial charge is 0.398 e. The number of nitrogens with zero attached hydrogens (tertiary/aromatic N) is 2. The molecule has 2 N–H and O–H groups in total. The maximum atomic E-state index is 12.3. The van der Waals surface area contributed by atoms with E-state index in [0.717, 1.165) is 11.3 Å². The lowest BCUT2D eigenvalue weighted by atomic mass is 10.3. The number of benzene rings is 1. The Morgan fingerprint density at radius 2 is 2.15 bits per heavy atom. The monoisotopic (exact) mass is 305 g/mol. The molecule has 2 aromatic heterocycles. The fraction of sp³-hybridized carbons (Fsp3) is 0.0714. The van der Waals surface area contributed by atoms with Gasteiger partial charge in [-0.25, -0.2) is 4.98 Å². The van der Waals surface area contributed by atoms with Gasteiger partial charge in [0.25, 0.3) is 0 Å². The molecule has 4 nitrogen and oxygen atoms in total. The molecule has 0 spiro atoms. The number of nitrogens with two attached hydrogens (primary N) is 1. The third-order valence-corrected chi connectivity index (χ3v) is 4.59. The van der Waals surface area contributed by atoms with Gasteiger partial charge in [0.05, 0.1) is 33.0 Å². The van der Waals surface area contributed by atoms with Gasteiger partial charge in [-0.3, -0.25) is 4.21 Å². The lowest BCUT2D eigenvalue weighted by Gasteiger charge is -2.02. The Kier molecular flexibility index (Phi) is 3.46. The van der Waals surface area contributed by atoms with Crippen molar-refractivity contribution in [3.05, 3.63) is 59.5 Å². The molecule has 0 amide bonds. The molecule has 1 atom stereocenters. The van der Waals surface area contributed by atoms with E-state index in [1.165, 1.54) is 0 Å². The highest BCUT2D eigenvalue weighted by molar-refractivity contribution is 7.84. The molecule has 102 valence electrons. The van der Waals surface area contributed by atoms with E-state index in [4.69, 9.17) is 17.3 Å². The Morgan fingerprint density at radius 3 is 2.90 bits per heavy atom. The van der Waals surface area contributed by atoms with Crippen LogP contribution in [0.5, 0.6) is 0 Å². The van der Waals surface area contributed by atoms with Crippen molar-refractivity contribution < 1.29 is 4.21 Å². The first-order valence-electron chi connectivity index (χ1n) is 5.99. The molecule has 0 saturated carbocycles. The second kappa shape index (κ2) is 5.26. The summed E-state index contributed by atoms with van der Waals surface area (Å²) >= 11 is 5.95. The first-order valence-corrected chi connectivity index (χ1v) is 7.69. The lowest BCUT2D eigenvalue weighted by Crippen LogP contribution is -1.98. The quantitative estimate of drug-likeness (QED) is 0.757. The Balaban J connectivity index is 1.86. The van der Waals surface area contributed by atoms with E-state index in [9.17, 15) is 4.21 Å². The van der Waals surface area contributed by atoms with Gasteiger partial charge in [0.15, 0.2) is 0 Å². The van der Waals surface area contributed by atoms with Gasteiger partial charge in [-0.2, -0.15) is 0 Å². The molecule has 0 aliphatic rings. The highest BCUT2D eigenvalue weighted by Crippen LogP contribution is 2.22. The number of nitrogen functional groups attached to an aromatic ring is 1. The molecule has 0 aliphatic heterocycles. The Hall–Kier alpha value is -1.85. The van der Waals surface area contributed by atoms with Crippen molar-refractivity contribution in [1.29, 1.82) is 0 Å². The molecule has 0 aliphatic carbocycles. The van der Waals surface area contributed by atoms with Crippen molar-refractivity contribution in [1.82, 2.24) is 9.38 Å². The van der Waals surface area contributed by atoms with Crippen LogP contribution in [-0.4, -0.2) is 13.6 Å². The van der Waals surface area contributed by atoms with Crippen molar-refractivity contribution in [2.24, 2.45) is 0 Å². The highest BCUT2D eigenvalue weighted by Gasteiger charge is 2.10. The van der Waals surface area contributed by atoms with E-state index >= 15 is 0 Å². The van der Waals surface area contributed by atoms with Crippen molar-refractivity contribution in [2.75, 3.05) is 5.73 Å². The predicted molar refractivity (Wildman–Crippen MR) is 81.2 cm³/mol. The number of fused-ring (bicyclic) bond motifs is 1. The summed E-state index contributed by atoms with van der Waals surface area (Å²) in [5, 5.41) is 0.422. The summed E-state index contributed by atoms with van der Waals surface area (Å²) in [5.74, 6) is 0.349. The molecule has 20 heavy (non-hydrogen) atoms. The van der Waals surface area contributed by atoms with E-state index in [1.807, 2.05) is 35.0 Å². The predicted octanol–water partition coefficient (Wildman–Crippen LogP) is 2.88. The Bertz CT molecular complexity index is 767. The summed E-state index contributed by atoms with van der Waals surface area (Å²) in [6.07, 6.45) is 3.79. The molecular weight excluding hydrogens is 294 g/mol. The van der Waals surface area contributed by atoms with Crippen LogP contribution < -0.4 is 5.73 Å². The van der Waals surface area contributed by atoms with Crippen molar-refractivity contribution in [3.8, 4) is 0 Å². The lowest BCUT2D eigenvalue weighted by molar-refractivity contribution is 0.682. The van der Waals surface area contributed by atoms with Crippen LogP contribution in [0.3, 0.4) is 0 Å². The van der Waals surface area contributed by atoms with Gasteiger partial charge in [0, 0.05) is 17.3 Å². The third-order valence-electron chi connectivity index (χ3n) is 2.93. The molecule has 3 rings (SSSR count). The summed E-state index contributed by atoms with van der Waals surface area (Å²) < 4.78 is 14.2. The topological polar surface area (TPSA) is 60.4 Å². The smallest absolute Gasteiger partial charge is 0.137 e. The van der Waals surface area contributed by atoms with Gasteiger partial charge in [-0.05, 0) is 30.3 Å². The number of aromatic nitrogens is 2.